The zero-order valence-corrected chi connectivity index (χ0v) is 68.8. The molecule has 0 bridgehead atoms. The van der Waals surface area contributed by atoms with Gasteiger partial charge in [-0.2, -0.15) is 5.10 Å². The van der Waals surface area contributed by atoms with Crippen LogP contribution in [0.3, 0.4) is 0 Å². The van der Waals surface area contributed by atoms with Crippen molar-refractivity contribution in [2.45, 2.75) is 81.1 Å². The topological polar surface area (TPSA) is 343 Å². The van der Waals surface area contributed by atoms with Crippen LogP contribution in [0.2, 0.25) is 25.1 Å². The molecule has 0 spiro atoms. The Morgan fingerprint density at radius 1 is 0.474 bits per heavy atom. The summed E-state index contributed by atoms with van der Waals surface area (Å²) in [6.45, 7) is 4.74. The molecule has 32 heteroatoms. The Kier molecular flexibility index (Phi) is 23.8. The number of nitrogens with one attached hydrogen (secondary N) is 10. The lowest BCUT2D eigenvalue weighted by molar-refractivity contribution is 0.0878. The van der Waals surface area contributed by atoms with E-state index < -0.39 is 20.0 Å². The molecular weight excluding hydrogens is 1620 g/mol. The second-order valence-corrected chi connectivity index (χ2v) is 35.9. The van der Waals surface area contributed by atoms with Crippen molar-refractivity contribution in [3.63, 3.8) is 0 Å². The molecule has 3 aliphatic carbocycles. The van der Waals surface area contributed by atoms with Crippen molar-refractivity contribution in [3.05, 3.63) is 283 Å². The number of likely N-dealkylation sites (N-methyl/N-ethyl adjacent to an activating group) is 1. The molecule has 4 fully saturated rings. The van der Waals surface area contributed by atoms with Crippen LogP contribution in [0.1, 0.15) is 122 Å². The van der Waals surface area contributed by atoms with Gasteiger partial charge in [-0.25, -0.2) is 30.1 Å². The molecule has 1 saturated heterocycles. The fourth-order valence-electron chi connectivity index (χ4n) is 13.7. The van der Waals surface area contributed by atoms with Crippen LogP contribution in [0.4, 0.5) is 0 Å². The molecule has 6 aromatic carbocycles. The third-order valence-electron chi connectivity index (χ3n) is 20.9. The van der Waals surface area contributed by atoms with Crippen LogP contribution in [0, 0.1) is 5.92 Å². The van der Waals surface area contributed by atoms with Crippen molar-refractivity contribution >= 4 is 162 Å². The number of amides is 5. The van der Waals surface area contributed by atoms with Crippen molar-refractivity contribution < 1.29 is 40.8 Å². The maximum absolute atomic E-state index is 12.8. The molecule has 0 radical (unpaired) electrons. The van der Waals surface area contributed by atoms with Crippen LogP contribution in [0.25, 0.3) is 60.2 Å². The molecular formula is C84H81Cl5N16O9S2. The van der Waals surface area contributed by atoms with Crippen molar-refractivity contribution in [2.24, 2.45) is 5.92 Å². The molecule has 25 nitrogen and oxygen atoms in total. The Hall–Kier alpha value is -10.9. The predicted molar refractivity (Wildman–Crippen MR) is 455 cm³/mol. The van der Waals surface area contributed by atoms with E-state index in [1.165, 1.54) is 21.9 Å². The van der Waals surface area contributed by atoms with Crippen LogP contribution in [0.15, 0.2) is 213 Å². The minimum atomic E-state index is -3.26. The maximum atomic E-state index is 12.8. The monoisotopic (exact) mass is 1700 g/mol. The largest absolute Gasteiger partial charge is 0.351 e. The third-order valence-corrected chi connectivity index (χ3v) is 24.5. The number of benzene rings is 6. The molecule has 2 unspecified atom stereocenters. The Morgan fingerprint density at radius 3 is 1.25 bits per heavy atom. The Bertz CT molecular complexity index is 6110. The van der Waals surface area contributed by atoms with Crippen molar-refractivity contribution in [3.8, 4) is 5.69 Å². The summed E-state index contributed by atoms with van der Waals surface area (Å²) in [5.41, 5.74) is 9.95. The van der Waals surface area contributed by atoms with Gasteiger partial charge in [0, 0.05) is 155 Å². The molecule has 1 aliphatic heterocycles. The average Bonchev–Trinajstić information content (AvgIpc) is 1.59. The number of fused-ring (bicyclic) bond motifs is 5. The van der Waals surface area contributed by atoms with Gasteiger partial charge in [0.25, 0.3) is 29.5 Å². The van der Waals surface area contributed by atoms with Crippen LogP contribution in [-0.4, -0.2) is 151 Å². The fraction of sp³-hybridized carbons (Fsp3) is 0.238. The van der Waals surface area contributed by atoms with Crippen LogP contribution < -0.4 is 26.6 Å². The van der Waals surface area contributed by atoms with Crippen LogP contribution in [-0.2, 0) is 36.7 Å². The van der Waals surface area contributed by atoms with E-state index in [0.29, 0.717) is 66.7 Å². The molecule has 4 aliphatic rings. The summed E-state index contributed by atoms with van der Waals surface area (Å²) < 4.78 is 49.9. The van der Waals surface area contributed by atoms with E-state index in [1.54, 1.807) is 73.9 Å². The second-order valence-electron chi connectivity index (χ2n) is 29.7. The van der Waals surface area contributed by atoms with Crippen LogP contribution >= 0.6 is 58.0 Å². The maximum Gasteiger partial charge on any atom is 0.268 e. The van der Waals surface area contributed by atoms with Gasteiger partial charge in [0.2, 0.25) is 20.0 Å². The van der Waals surface area contributed by atoms with E-state index in [2.05, 4.69) is 66.6 Å². The number of para-hydroxylation sites is 1. The quantitative estimate of drug-likeness (QED) is 0.0361. The van der Waals surface area contributed by atoms with Gasteiger partial charge in [0.15, 0.2) is 0 Å². The van der Waals surface area contributed by atoms with Gasteiger partial charge in [-0.05, 0) is 210 Å². The molecule has 116 heavy (non-hydrogen) atoms. The number of carbonyl (C=O) groups excluding carboxylic acids is 5. The number of aromatic amines is 5. The van der Waals surface area contributed by atoms with Crippen LogP contribution in [0.5, 0.6) is 0 Å². The van der Waals surface area contributed by atoms with Crippen molar-refractivity contribution in [1.29, 1.82) is 0 Å². The highest BCUT2D eigenvalue weighted by Crippen LogP contribution is 2.47. The first kappa shape index (κ1) is 81.7. The highest BCUT2D eigenvalue weighted by Gasteiger charge is 2.49. The number of aromatic nitrogens is 9. The first-order valence-corrected chi connectivity index (χ1v) is 42.7. The number of rotatable bonds is 19. The molecule has 598 valence electrons. The summed E-state index contributed by atoms with van der Waals surface area (Å²) in [6, 6.07) is 55.4. The van der Waals surface area contributed by atoms with Gasteiger partial charge < -0.3 is 51.5 Å². The number of carbonyl (C=O) groups is 5. The second kappa shape index (κ2) is 33.8. The number of hydrogen-bond acceptors (Lipinski definition) is 12. The van der Waals surface area contributed by atoms with Gasteiger partial charge in [0.1, 0.15) is 28.5 Å². The summed E-state index contributed by atoms with van der Waals surface area (Å²) in [5.74, 6) is -0.701. The minimum Gasteiger partial charge on any atom is -0.351 e. The summed E-state index contributed by atoms with van der Waals surface area (Å²) in [5, 5.41) is 27.3. The first-order valence-electron chi connectivity index (χ1n) is 37.2. The highest BCUT2D eigenvalue weighted by atomic mass is 35.5. The number of sulfonamides is 2. The van der Waals surface area contributed by atoms with Gasteiger partial charge in [0.05, 0.1) is 46.7 Å². The number of pyridine rings is 2. The summed E-state index contributed by atoms with van der Waals surface area (Å²) in [6.07, 6.45) is 17.0. The Labute approximate surface area is 693 Å². The zero-order valence-electron chi connectivity index (χ0n) is 63.4. The summed E-state index contributed by atoms with van der Waals surface area (Å²) >= 11 is 29.9. The van der Waals surface area contributed by atoms with Crippen molar-refractivity contribution in [1.82, 2.24) is 79.9 Å². The molecule has 18 rings (SSSR count). The number of hydrogen-bond donors (Lipinski definition) is 10. The SMILES string of the molecule is CC(CN(C)S(C)(=O)=O)NC(=O)c1cc2cc(Cl)ccc2[nH]1.CC(NC(=O)c1cc2cc(Cl)ccc2[nH]1)C1CN(S(C)(=O)=O)C1.O=C(NC1(c2ccccn2)CC1)c1cc2cc(Cl)ccc2[nH]1.O=C(NC1(c2cccnc2)CC1)c1cc2cc(Cl)ccc2[nH]1.O=C(NC1(c2cnn(-c3ccccc3)c2)CC1)c1cc2cc(Cl)ccc2[nH]1. The number of H-pyrrole nitrogens is 5. The Morgan fingerprint density at radius 2 is 0.871 bits per heavy atom. The minimum absolute atomic E-state index is 0.101. The average molecular weight is 1700 g/mol. The van der Waals surface area contributed by atoms with Gasteiger partial charge >= 0.3 is 0 Å². The molecule has 2 atom stereocenters. The molecule has 8 aromatic heterocycles. The van der Waals surface area contributed by atoms with E-state index >= 15 is 0 Å². The highest BCUT2D eigenvalue weighted by molar-refractivity contribution is 7.88. The molecule has 5 amide bonds. The van der Waals surface area contributed by atoms with E-state index in [0.717, 1.165) is 122 Å². The van der Waals surface area contributed by atoms with Gasteiger partial charge in [-0.1, -0.05) is 88.3 Å². The smallest absolute Gasteiger partial charge is 0.268 e. The molecule has 9 heterocycles. The normalized spacial score (nSPS) is 15.5. The predicted octanol–water partition coefficient (Wildman–Crippen LogP) is 15.4. The standard InChI is InChI=1S/C21H17ClN4O.2C17H14ClN3O.C15H18ClN3O3S.C14H18ClN3O3S/c22-16-6-7-18-14(10-16)11-19(24-18)20(27)25-21(8-9-21)15-12-23-26(13-15)17-4-2-1-3-5-17;18-13-3-4-14-11(8-13)9-15(20-14)16(22)21-17(5-6-17)12-2-1-7-19-10-12;18-12-4-5-13-11(9-12)10-14(20-13)16(22)21-17(6-7-17)15-3-1-2-8-19-15;1-9(11-7-19(8-11)23(2,21)22)17-15(20)14-6-10-5-12(16)3-4-13(10)18-14;1-9(8-18(2)22(3,20)21)16-14(19)13-7-10-6-11(15)4-5-12(10)17-13/h1-7,10-13,24H,8-9H2,(H,25,27);1-4,7-10,20H,5-6H2,(H,21,22);1-5,8-10,20H,6-7H2,(H,21,22);3-6,9,11,18H,7-8H2,1-2H3,(H,17,20);4-7,9,17H,8H2,1-3H3,(H,16,19). The number of nitrogens with zero attached hydrogens (tertiary/aromatic N) is 6. The zero-order chi connectivity index (χ0) is 82.0. The third kappa shape index (κ3) is 19.5. The summed E-state index contributed by atoms with van der Waals surface area (Å²) in [7, 11) is -4.92. The number of halogens is 5. The first-order chi connectivity index (χ1) is 55.4. The molecule has 14 aromatic rings. The fourth-order valence-corrected chi connectivity index (χ4v) is 16.0. The molecule has 10 N–H and O–H groups in total. The lowest BCUT2D eigenvalue weighted by Crippen LogP contribution is -2.57. The van der Waals surface area contributed by atoms with Crippen molar-refractivity contribution in [2.75, 3.05) is 39.2 Å². The Balaban J connectivity index is 0.000000120. The van der Waals surface area contributed by atoms with Gasteiger partial charge in [-0.15, -0.1) is 0 Å². The van der Waals surface area contributed by atoms with E-state index in [-0.39, 0.29) is 70.7 Å². The summed E-state index contributed by atoms with van der Waals surface area (Å²) in [4.78, 5) is 86.4. The van der Waals surface area contributed by atoms with E-state index in [1.807, 2.05) is 158 Å². The lowest BCUT2D eigenvalue weighted by atomic mass is 9.95. The molecule has 3 saturated carbocycles. The van der Waals surface area contributed by atoms with Gasteiger partial charge in [-0.3, -0.25) is 33.9 Å². The van der Waals surface area contributed by atoms with E-state index in [9.17, 15) is 40.8 Å². The van der Waals surface area contributed by atoms with E-state index in [4.69, 9.17) is 58.0 Å². The lowest BCUT2D eigenvalue weighted by Gasteiger charge is -2.40.